The zero-order chi connectivity index (χ0) is 17.8. The van der Waals surface area contributed by atoms with E-state index in [0.717, 1.165) is 24.3 Å². The highest BCUT2D eigenvalue weighted by Gasteiger charge is 2.20. The molecule has 0 aliphatic carbocycles. The molecule has 3 aromatic rings. The second-order valence-electron chi connectivity index (χ2n) is 6.68. The summed E-state index contributed by atoms with van der Waals surface area (Å²) in [5.74, 6) is 0.783. The first kappa shape index (κ1) is 16.7. The molecule has 0 bridgehead atoms. The number of ether oxygens (including phenoxy) is 1. The Kier molecular flexibility index (Phi) is 4.89. The van der Waals surface area contributed by atoms with Gasteiger partial charge in [-0.15, -0.1) is 0 Å². The fourth-order valence-corrected chi connectivity index (χ4v) is 3.47. The van der Waals surface area contributed by atoms with Gasteiger partial charge in [-0.1, -0.05) is 60.7 Å². The number of fused-ring (bicyclic) bond motifs is 1. The average Bonchev–Trinajstić information content (AvgIpc) is 3.10. The maximum atomic E-state index is 10.4. The van der Waals surface area contributed by atoms with Gasteiger partial charge in [0.05, 0.1) is 0 Å². The van der Waals surface area contributed by atoms with E-state index in [0.29, 0.717) is 13.2 Å². The molecule has 0 amide bonds. The van der Waals surface area contributed by atoms with Crippen LogP contribution in [0.3, 0.4) is 0 Å². The van der Waals surface area contributed by atoms with E-state index in [1.165, 1.54) is 16.8 Å². The van der Waals surface area contributed by atoms with Crippen molar-refractivity contribution in [3.05, 3.63) is 84.4 Å². The quantitative estimate of drug-likeness (QED) is 0.728. The van der Waals surface area contributed by atoms with Crippen LogP contribution in [0.15, 0.2) is 78.9 Å². The van der Waals surface area contributed by atoms with Crippen LogP contribution in [-0.2, 0) is 6.42 Å². The molecule has 1 aliphatic heterocycles. The van der Waals surface area contributed by atoms with Gasteiger partial charge in [0, 0.05) is 18.8 Å². The molecule has 0 spiro atoms. The summed E-state index contributed by atoms with van der Waals surface area (Å²) in [6, 6.07) is 26.7. The molecule has 0 saturated carbocycles. The lowest BCUT2D eigenvalue weighted by atomic mass is 10.1. The molecule has 0 saturated heterocycles. The number of para-hydroxylation sites is 1. The predicted molar refractivity (Wildman–Crippen MR) is 106 cm³/mol. The Morgan fingerprint density at radius 3 is 2.35 bits per heavy atom. The van der Waals surface area contributed by atoms with Crippen molar-refractivity contribution in [3.8, 4) is 16.9 Å². The first-order valence-electron chi connectivity index (χ1n) is 9.09. The average molecular weight is 345 g/mol. The smallest absolute Gasteiger partial charge is 0.119 e. The zero-order valence-corrected chi connectivity index (χ0v) is 14.7. The second-order valence-corrected chi connectivity index (χ2v) is 6.68. The molecule has 26 heavy (non-hydrogen) atoms. The Bertz CT molecular complexity index is 846. The first-order chi connectivity index (χ1) is 12.8. The van der Waals surface area contributed by atoms with Crippen molar-refractivity contribution in [3.63, 3.8) is 0 Å². The molecule has 0 aromatic heterocycles. The molecular weight excluding hydrogens is 322 g/mol. The number of aliphatic hydroxyl groups excluding tert-OH is 1. The minimum absolute atomic E-state index is 0.295. The van der Waals surface area contributed by atoms with E-state index in [1.807, 2.05) is 48.5 Å². The zero-order valence-electron chi connectivity index (χ0n) is 14.7. The van der Waals surface area contributed by atoms with E-state index in [1.54, 1.807) is 0 Å². The van der Waals surface area contributed by atoms with Crippen LogP contribution in [0.1, 0.15) is 5.56 Å². The molecule has 0 fully saturated rings. The number of nitrogens with zero attached hydrogens (tertiary/aromatic N) is 1. The fraction of sp³-hybridized carbons (Fsp3) is 0.217. The Morgan fingerprint density at radius 2 is 1.54 bits per heavy atom. The van der Waals surface area contributed by atoms with Crippen LogP contribution in [0.5, 0.6) is 5.75 Å². The molecule has 3 heteroatoms. The van der Waals surface area contributed by atoms with Gasteiger partial charge in [0.2, 0.25) is 0 Å². The summed E-state index contributed by atoms with van der Waals surface area (Å²) in [5.41, 5.74) is 4.94. The highest BCUT2D eigenvalue weighted by atomic mass is 16.5. The van der Waals surface area contributed by atoms with Gasteiger partial charge >= 0.3 is 0 Å². The van der Waals surface area contributed by atoms with Gasteiger partial charge in [-0.3, -0.25) is 0 Å². The highest BCUT2D eigenvalue weighted by Crippen LogP contribution is 2.27. The number of aliphatic hydroxyl groups is 1. The van der Waals surface area contributed by atoms with Crippen LogP contribution in [0, 0.1) is 0 Å². The summed E-state index contributed by atoms with van der Waals surface area (Å²) in [6.07, 6.45) is 0.528. The first-order valence-corrected chi connectivity index (χ1v) is 9.09. The second kappa shape index (κ2) is 7.63. The molecule has 132 valence electrons. The monoisotopic (exact) mass is 345 g/mol. The van der Waals surface area contributed by atoms with Crippen molar-refractivity contribution in [1.29, 1.82) is 0 Å². The van der Waals surface area contributed by atoms with Crippen molar-refractivity contribution in [2.75, 3.05) is 24.6 Å². The van der Waals surface area contributed by atoms with Gasteiger partial charge in [-0.05, 0) is 41.3 Å². The lowest BCUT2D eigenvalue weighted by Crippen LogP contribution is -2.34. The standard InChI is InChI=1S/C23H23NO2/c25-21(16-24-15-14-20-8-4-5-9-23(20)24)17-26-22-12-10-19(11-13-22)18-6-2-1-3-7-18/h1-13,21,25H,14-17H2/t21-/m1/s1. The molecule has 1 heterocycles. The molecule has 3 nitrogen and oxygen atoms in total. The molecule has 3 aromatic carbocycles. The molecule has 4 rings (SSSR count). The summed E-state index contributed by atoms with van der Waals surface area (Å²) in [4.78, 5) is 2.24. The van der Waals surface area contributed by atoms with Crippen LogP contribution in [-0.4, -0.2) is 30.9 Å². The van der Waals surface area contributed by atoms with Crippen LogP contribution in [0.2, 0.25) is 0 Å². The lowest BCUT2D eigenvalue weighted by Gasteiger charge is -2.23. The third-order valence-electron chi connectivity index (χ3n) is 4.82. The van der Waals surface area contributed by atoms with Crippen LogP contribution < -0.4 is 9.64 Å². The predicted octanol–water partition coefficient (Wildman–Crippen LogP) is 4.16. The van der Waals surface area contributed by atoms with E-state index in [2.05, 4.69) is 35.2 Å². The third kappa shape index (κ3) is 3.73. The normalized spacial score (nSPS) is 14.1. The number of benzene rings is 3. The molecule has 1 aliphatic rings. The maximum Gasteiger partial charge on any atom is 0.119 e. The van der Waals surface area contributed by atoms with E-state index in [9.17, 15) is 5.11 Å². The summed E-state index contributed by atoms with van der Waals surface area (Å²) < 4.78 is 5.78. The fourth-order valence-electron chi connectivity index (χ4n) is 3.47. The van der Waals surface area contributed by atoms with E-state index in [4.69, 9.17) is 4.74 Å². The molecule has 0 unspecified atom stereocenters. The third-order valence-corrected chi connectivity index (χ3v) is 4.82. The topological polar surface area (TPSA) is 32.7 Å². The van der Waals surface area contributed by atoms with E-state index in [-0.39, 0.29) is 0 Å². The number of hydrogen-bond acceptors (Lipinski definition) is 3. The van der Waals surface area contributed by atoms with E-state index < -0.39 is 6.10 Å². The largest absolute Gasteiger partial charge is 0.491 e. The van der Waals surface area contributed by atoms with E-state index >= 15 is 0 Å². The Balaban J connectivity index is 1.31. The Morgan fingerprint density at radius 1 is 0.846 bits per heavy atom. The summed E-state index contributed by atoms with van der Waals surface area (Å²) in [7, 11) is 0. The minimum Gasteiger partial charge on any atom is -0.491 e. The van der Waals surface area contributed by atoms with Gasteiger partial charge in [0.15, 0.2) is 0 Å². The molecule has 0 radical (unpaired) electrons. The van der Waals surface area contributed by atoms with Gasteiger partial charge < -0.3 is 14.7 Å². The van der Waals surface area contributed by atoms with Crippen LogP contribution in [0.4, 0.5) is 5.69 Å². The molecule has 1 N–H and O–H groups in total. The van der Waals surface area contributed by atoms with Crippen LogP contribution in [0.25, 0.3) is 11.1 Å². The van der Waals surface area contributed by atoms with Crippen molar-refractivity contribution >= 4 is 5.69 Å². The van der Waals surface area contributed by atoms with Crippen molar-refractivity contribution in [2.45, 2.75) is 12.5 Å². The number of hydrogen-bond donors (Lipinski definition) is 1. The number of rotatable bonds is 6. The van der Waals surface area contributed by atoms with Gasteiger partial charge in [-0.2, -0.15) is 0 Å². The van der Waals surface area contributed by atoms with Gasteiger partial charge in [0.1, 0.15) is 18.5 Å². The maximum absolute atomic E-state index is 10.4. The Hall–Kier alpha value is -2.78. The van der Waals surface area contributed by atoms with Crippen LogP contribution >= 0.6 is 0 Å². The highest BCUT2D eigenvalue weighted by molar-refractivity contribution is 5.63. The summed E-state index contributed by atoms with van der Waals surface area (Å²) in [6.45, 7) is 1.85. The summed E-state index contributed by atoms with van der Waals surface area (Å²) >= 11 is 0. The lowest BCUT2D eigenvalue weighted by molar-refractivity contribution is 0.112. The molecular formula is C23H23NO2. The number of β-amino-alcohol motifs (C(OH)–C–C–N with tert-alkyl or cyclic N) is 1. The van der Waals surface area contributed by atoms with Crippen molar-refractivity contribution in [1.82, 2.24) is 0 Å². The van der Waals surface area contributed by atoms with Gasteiger partial charge in [-0.25, -0.2) is 0 Å². The Labute approximate surface area is 154 Å². The number of anilines is 1. The van der Waals surface area contributed by atoms with Crippen molar-refractivity contribution < 1.29 is 9.84 Å². The summed E-state index contributed by atoms with van der Waals surface area (Å²) in [5, 5.41) is 10.4. The minimum atomic E-state index is -0.519. The SMILES string of the molecule is O[C@@H](COc1ccc(-c2ccccc2)cc1)CN1CCc2ccccc21. The van der Waals surface area contributed by atoms with Gasteiger partial charge in [0.25, 0.3) is 0 Å². The molecule has 1 atom stereocenters. The van der Waals surface area contributed by atoms with Crippen molar-refractivity contribution in [2.24, 2.45) is 0 Å².